The number of hydrogen-bond donors (Lipinski definition) is 0. The van der Waals surface area contributed by atoms with Crippen LogP contribution in [0.5, 0.6) is 0 Å². The highest BCUT2D eigenvalue weighted by atomic mass is 32.1. The summed E-state index contributed by atoms with van der Waals surface area (Å²) in [5, 5.41) is 8.74. The smallest absolute Gasteiger partial charge is 0.315 e. The maximum atomic E-state index is 13.7. The topological polar surface area (TPSA) is 78.1 Å². The third-order valence-corrected chi connectivity index (χ3v) is 5.15. The second kappa shape index (κ2) is 7.95. The Hall–Kier alpha value is -3.13. The van der Waals surface area contributed by atoms with E-state index in [1.54, 1.807) is 26.8 Å². The first-order valence-corrected chi connectivity index (χ1v) is 10.3. The van der Waals surface area contributed by atoms with Gasteiger partial charge in [0.25, 0.3) is 0 Å². The van der Waals surface area contributed by atoms with Crippen LogP contribution in [0.1, 0.15) is 37.6 Å². The Morgan fingerprint density at radius 3 is 2.67 bits per heavy atom. The van der Waals surface area contributed by atoms with Crippen LogP contribution in [0.4, 0.5) is 4.39 Å². The Morgan fingerprint density at radius 1 is 1.13 bits per heavy atom. The van der Waals surface area contributed by atoms with Crippen molar-refractivity contribution >= 4 is 27.5 Å². The van der Waals surface area contributed by atoms with Gasteiger partial charge >= 0.3 is 5.97 Å². The minimum absolute atomic E-state index is 0.0756. The van der Waals surface area contributed by atoms with Crippen molar-refractivity contribution in [3.8, 4) is 11.1 Å². The van der Waals surface area contributed by atoms with Crippen LogP contribution in [-0.2, 0) is 22.4 Å². The monoisotopic (exact) mass is 425 g/mol. The molecule has 0 fully saturated rings. The largest absolute Gasteiger partial charge is 0.460 e. The summed E-state index contributed by atoms with van der Waals surface area (Å²) in [6.45, 7) is 5.40. The number of nitrogens with zero attached hydrogens (tertiary/aromatic N) is 3. The first-order chi connectivity index (χ1) is 14.3. The Bertz CT molecular complexity index is 1210. The van der Waals surface area contributed by atoms with Gasteiger partial charge in [0, 0.05) is 5.56 Å². The predicted molar refractivity (Wildman–Crippen MR) is 112 cm³/mol. The summed E-state index contributed by atoms with van der Waals surface area (Å²) < 4.78 is 25.5. The molecule has 2 aromatic heterocycles. The number of para-hydroxylation sites is 1. The molecular formula is C22H20FN3O3S. The van der Waals surface area contributed by atoms with Gasteiger partial charge in [-0.25, -0.2) is 9.37 Å². The Balaban J connectivity index is 1.53. The summed E-state index contributed by atoms with van der Waals surface area (Å²) in [5.74, 6) is -0.124. The zero-order valence-corrected chi connectivity index (χ0v) is 17.6. The Kier molecular flexibility index (Phi) is 5.34. The second-order valence-electron chi connectivity index (χ2n) is 7.80. The molecule has 0 saturated carbocycles. The van der Waals surface area contributed by atoms with Gasteiger partial charge in [0.05, 0.1) is 16.6 Å². The van der Waals surface area contributed by atoms with Gasteiger partial charge in [0.2, 0.25) is 11.8 Å². The van der Waals surface area contributed by atoms with Crippen molar-refractivity contribution in [1.29, 1.82) is 0 Å². The Labute approximate surface area is 176 Å². The normalized spacial score (nSPS) is 11.7. The number of benzene rings is 2. The fourth-order valence-corrected chi connectivity index (χ4v) is 4.01. The molecule has 0 aliphatic carbocycles. The molecule has 0 N–H and O–H groups in total. The van der Waals surface area contributed by atoms with E-state index in [-0.39, 0.29) is 18.1 Å². The van der Waals surface area contributed by atoms with E-state index in [0.29, 0.717) is 12.3 Å². The molecule has 30 heavy (non-hydrogen) atoms. The number of thiazole rings is 1. The molecule has 6 nitrogen and oxygen atoms in total. The number of rotatable bonds is 5. The minimum atomic E-state index is -0.569. The highest BCUT2D eigenvalue weighted by Gasteiger charge is 2.20. The lowest BCUT2D eigenvalue weighted by atomic mass is 10.0. The van der Waals surface area contributed by atoms with Crippen LogP contribution in [0.15, 0.2) is 46.9 Å². The van der Waals surface area contributed by atoms with Crippen LogP contribution < -0.4 is 0 Å². The van der Waals surface area contributed by atoms with Gasteiger partial charge in [0.15, 0.2) is 0 Å². The lowest BCUT2D eigenvalue weighted by Gasteiger charge is -2.18. The third kappa shape index (κ3) is 4.71. The molecule has 0 spiro atoms. The van der Waals surface area contributed by atoms with E-state index in [1.165, 1.54) is 23.5 Å². The van der Waals surface area contributed by atoms with Gasteiger partial charge < -0.3 is 9.15 Å². The molecule has 4 aromatic rings. The molecule has 0 radical (unpaired) electrons. The van der Waals surface area contributed by atoms with Crippen LogP contribution in [0.25, 0.3) is 21.3 Å². The standard InChI is InChI=1S/C22H20FN3O3S/c1-22(2,3)29-20(27)12-18-26-25-17(28-18)11-19-24-21-15(8-5-9-16(21)30-19)13-6-4-7-14(23)10-13/h4-10H,11-12H2,1-3H3. The van der Waals surface area contributed by atoms with E-state index in [0.717, 1.165) is 26.4 Å². The number of hydrogen-bond acceptors (Lipinski definition) is 7. The first kappa shape index (κ1) is 20.2. The third-order valence-electron chi connectivity index (χ3n) is 4.13. The molecule has 0 bridgehead atoms. The lowest BCUT2D eigenvalue weighted by molar-refractivity contribution is -0.154. The molecule has 8 heteroatoms. The van der Waals surface area contributed by atoms with Crippen molar-refractivity contribution in [2.75, 3.05) is 0 Å². The molecule has 2 heterocycles. The maximum Gasteiger partial charge on any atom is 0.315 e. The van der Waals surface area contributed by atoms with Crippen molar-refractivity contribution in [3.05, 3.63) is 65.1 Å². The van der Waals surface area contributed by atoms with E-state index < -0.39 is 11.6 Å². The summed E-state index contributed by atoms with van der Waals surface area (Å²) in [7, 11) is 0. The molecule has 0 aliphatic rings. The highest BCUT2D eigenvalue weighted by molar-refractivity contribution is 7.18. The van der Waals surface area contributed by atoms with Crippen LogP contribution >= 0.6 is 11.3 Å². The number of carbonyl (C=O) groups is 1. The lowest BCUT2D eigenvalue weighted by Crippen LogP contribution is -2.24. The SMILES string of the molecule is CC(C)(C)OC(=O)Cc1nnc(Cc2nc3c(-c4cccc(F)c4)cccc3s2)o1. The summed E-state index contributed by atoms with van der Waals surface area (Å²) in [5.41, 5.74) is 1.87. The molecule has 4 rings (SSSR count). The van der Waals surface area contributed by atoms with Crippen molar-refractivity contribution in [2.45, 2.75) is 39.2 Å². The fraction of sp³-hybridized carbons (Fsp3) is 0.273. The molecule has 0 atom stereocenters. The van der Waals surface area contributed by atoms with E-state index in [4.69, 9.17) is 14.1 Å². The second-order valence-corrected chi connectivity index (χ2v) is 8.92. The zero-order valence-electron chi connectivity index (χ0n) is 16.8. The van der Waals surface area contributed by atoms with E-state index in [9.17, 15) is 9.18 Å². The first-order valence-electron chi connectivity index (χ1n) is 9.44. The molecule has 154 valence electrons. The number of halogens is 1. The van der Waals surface area contributed by atoms with Crippen molar-refractivity contribution in [2.24, 2.45) is 0 Å². The van der Waals surface area contributed by atoms with E-state index in [1.807, 2.05) is 24.3 Å². The summed E-state index contributed by atoms with van der Waals surface area (Å²) in [6.07, 6.45) is 0.275. The van der Waals surface area contributed by atoms with Crippen molar-refractivity contribution in [3.63, 3.8) is 0 Å². The van der Waals surface area contributed by atoms with Crippen LogP contribution in [0.2, 0.25) is 0 Å². The van der Waals surface area contributed by atoms with E-state index in [2.05, 4.69) is 10.2 Å². The quantitative estimate of drug-likeness (QED) is 0.421. The number of aromatic nitrogens is 3. The molecule has 0 unspecified atom stereocenters. The van der Waals surface area contributed by atoms with Gasteiger partial charge in [-0.1, -0.05) is 24.3 Å². The predicted octanol–water partition coefficient (Wildman–Crippen LogP) is 4.96. The highest BCUT2D eigenvalue weighted by Crippen LogP contribution is 2.32. The molecule has 2 aromatic carbocycles. The summed E-state index contributed by atoms with van der Waals surface area (Å²) in [4.78, 5) is 16.6. The van der Waals surface area contributed by atoms with Crippen LogP contribution in [0.3, 0.4) is 0 Å². The number of carbonyl (C=O) groups excluding carboxylic acids is 1. The minimum Gasteiger partial charge on any atom is -0.460 e. The molecule has 0 saturated heterocycles. The molecule has 0 aliphatic heterocycles. The van der Waals surface area contributed by atoms with E-state index >= 15 is 0 Å². The van der Waals surface area contributed by atoms with Gasteiger partial charge in [-0.15, -0.1) is 21.5 Å². The maximum absolute atomic E-state index is 13.7. The van der Waals surface area contributed by atoms with Crippen molar-refractivity contribution < 1.29 is 18.3 Å². The van der Waals surface area contributed by atoms with Gasteiger partial charge in [-0.05, 0) is 44.5 Å². The van der Waals surface area contributed by atoms with Gasteiger partial charge in [0.1, 0.15) is 22.8 Å². The summed E-state index contributed by atoms with van der Waals surface area (Å²) >= 11 is 1.51. The average molecular weight is 425 g/mol. The number of esters is 1. The van der Waals surface area contributed by atoms with Gasteiger partial charge in [-0.3, -0.25) is 4.79 Å². The van der Waals surface area contributed by atoms with Crippen molar-refractivity contribution in [1.82, 2.24) is 15.2 Å². The fourth-order valence-electron chi connectivity index (χ4n) is 3.02. The summed E-state index contributed by atoms with van der Waals surface area (Å²) in [6, 6.07) is 12.3. The van der Waals surface area contributed by atoms with Crippen LogP contribution in [0, 0.1) is 5.82 Å². The Morgan fingerprint density at radius 2 is 1.90 bits per heavy atom. The average Bonchev–Trinajstić information content (AvgIpc) is 3.26. The van der Waals surface area contributed by atoms with Gasteiger partial charge in [-0.2, -0.15) is 0 Å². The molecule has 0 amide bonds. The molecular weight excluding hydrogens is 405 g/mol. The van der Waals surface area contributed by atoms with Crippen LogP contribution in [-0.4, -0.2) is 26.8 Å². The number of ether oxygens (including phenoxy) is 1. The zero-order chi connectivity index (χ0) is 21.3. The number of fused-ring (bicyclic) bond motifs is 1.